The molecule has 1 aliphatic heterocycles. The number of benzene rings is 1. The standard InChI is InChI=1S/C16H17NO3/c18-15-9-10-17(14-6-2-1-5-13(14)15)16(19)8-7-12-4-3-11-20-12/h1-6,11,15,18H,7-10H2. The van der Waals surface area contributed by atoms with Crippen LogP contribution in [0.2, 0.25) is 0 Å². The third kappa shape index (κ3) is 2.47. The smallest absolute Gasteiger partial charge is 0.227 e. The normalized spacial score (nSPS) is 17.9. The van der Waals surface area contributed by atoms with Crippen LogP contribution in [0, 0.1) is 0 Å². The molecule has 4 heteroatoms. The molecule has 1 aromatic heterocycles. The number of carbonyl (C=O) groups excluding carboxylic acids is 1. The van der Waals surface area contributed by atoms with Gasteiger partial charge in [0.25, 0.3) is 0 Å². The van der Waals surface area contributed by atoms with Crippen LogP contribution in [0.4, 0.5) is 5.69 Å². The highest BCUT2D eigenvalue weighted by Crippen LogP contribution is 2.33. The second-order valence-electron chi connectivity index (χ2n) is 4.99. The molecule has 1 atom stereocenters. The molecule has 0 radical (unpaired) electrons. The number of rotatable bonds is 3. The third-order valence-corrected chi connectivity index (χ3v) is 3.68. The molecule has 1 aliphatic rings. The summed E-state index contributed by atoms with van der Waals surface area (Å²) in [4.78, 5) is 14.1. The summed E-state index contributed by atoms with van der Waals surface area (Å²) >= 11 is 0. The van der Waals surface area contributed by atoms with Crippen molar-refractivity contribution in [3.8, 4) is 0 Å². The Morgan fingerprint density at radius 3 is 2.95 bits per heavy atom. The summed E-state index contributed by atoms with van der Waals surface area (Å²) in [5.41, 5.74) is 1.67. The predicted octanol–water partition coefficient (Wildman–Crippen LogP) is 2.68. The summed E-state index contributed by atoms with van der Waals surface area (Å²) in [5, 5.41) is 9.99. The predicted molar refractivity (Wildman–Crippen MR) is 75.4 cm³/mol. The number of fused-ring (bicyclic) bond motifs is 1. The molecule has 4 nitrogen and oxygen atoms in total. The van der Waals surface area contributed by atoms with Gasteiger partial charge in [-0.1, -0.05) is 18.2 Å². The van der Waals surface area contributed by atoms with E-state index in [-0.39, 0.29) is 5.91 Å². The van der Waals surface area contributed by atoms with Crippen LogP contribution in [-0.4, -0.2) is 17.6 Å². The molecule has 0 bridgehead atoms. The number of aliphatic hydroxyl groups excluding tert-OH is 1. The fourth-order valence-corrected chi connectivity index (χ4v) is 2.62. The van der Waals surface area contributed by atoms with Crippen molar-refractivity contribution in [1.82, 2.24) is 0 Å². The minimum absolute atomic E-state index is 0.0701. The van der Waals surface area contributed by atoms with Gasteiger partial charge in [-0.3, -0.25) is 4.79 Å². The zero-order valence-corrected chi connectivity index (χ0v) is 11.2. The van der Waals surface area contributed by atoms with Crippen molar-refractivity contribution in [3.05, 3.63) is 54.0 Å². The monoisotopic (exact) mass is 271 g/mol. The molecule has 1 aromatic carbocycles. The van der Waals surface area contributed by atoms with Crippen molar-refractivity contribution in [2.45, 2.75) is 25.4 Å². The van der Waals surface area contributed by atoms with Crippen molar-refractivity contribution in [3.63, 3.8) is 0 Å². The molecule has 0 aliphatic carbocycles. The Balaban J connectivity index is 1.74. The first-order valence-electron chi connectivity index (χ1n) is 6.85. The first-order chi connectivity index (χ1) is 9.75. The Labute approximate surface area is 117 Å². The Hall–Kier alpha value is -2.07. The number of para-hydroxylation sites is 1. The number of carbonyl (C=O) groups is 1. The average molecular weight is 271 g/mol. The maximum atomic E-state index is 12.4. The molecule has 20 heavy (non-hydrogen) atoms. The molecule has 3 rings (SSSR count). The summed E-state index contributed by atoms with van der Waals surface area (Å²) in [6.45, 7) is 0.565. The van der Waals surface area contributed by atoms with E-state index in [9.17, 15) is 9.90 Å². The van der Waals surface area contributed by atoms with Gasteiger partial charge >= 0.3 is 0 Å². The summed E-state index contributed by atoms with van der Waals surface area (Å²) in [7, 11) is 0. The van der Waals surface area contributed by atoms with E-state index in [1.165, 1.54) is 0 Å². The first-order valence-corrected chi connectivity index (χ1v) is 6.85. The maximum Gasteiger partial charge on any atom is 0.227 e. The molecule has 1 unspecified atom stereocenters. The fourth-order valence-electron chi connectivity index (χ4n) is 2.62. The van der Waals surface area contributed by atoms with Gasteiger partial charge in [0.2, 0.25) is 5.91 Å². The van der Waals surface area contributed by atoms with Gasteiger partial charge in [-0.2, -0.15) is 0 Å². The van der Waals surface area contributed by atoms with Crippen LogP contribution in [0.1, 0.15) is 30.3 Å². The SMILES string of the molecule is O=C(CCc1ccco1)N1CCC(O)c2ccccc21. The van der Waals surface area contributed by atoms with Crippen LogP contribution >= 0.6 is 0 Å². The summed E-state index contributed by atoms with van der Waals surface area (Å²) < 4.78 is 5.25. The Morgan fingerprint density at radius 1 is 1.30 bits per heavy atom. The zero-order valence-electron chi connectivity index (χ0n) is 11.2. The molecule has 1 N–H and O–H groups in total. The van der Waals surface area contributed by atoms with Crippen LogP contribution in [0.15, 0.2) is 47.1 Å². The van der Waals surface area contributed by atoms with E-state index < -0.39 is 6.10 Å². The van der Waals surface area contributed by atoms with Crippen molar-refractivity contribution in [2.24, 2.45) is 0 Å². The van der Waals surface area contributed by atoms with Crippen molar-refractivity contribution in [2.75, 3.05) is 11.4 Å². The third-order valence-electron chi connectivity index (χ3n) is 3.68. The average Bonchev–Trinajstić information content (AvgIpc) is 2.99. The van der Waals surface area contributed by atoms with Gasteiger partial charge in [0.05, 0.1) is 12.4 Å². The topological polar surface area (TPSA) is 53.7 Å². The van der Waals surface area contributed by atoms with Gasteiger partial charge in [-0.05, 0) is 24.6 Å². The molecule has 0 saturated carbocycles. The van der Waals surface area contributed by atoms with Gasteiger partial charge < -0.3 is 14.4 Å². The van der Waals surface area contributed by atoms with Crippen LogP contribution in [0.5, 0.6) is 0 Å². The summed E-state index contributed by atoms with van der Waals surface area (Å²) in [6, 6.07) is 11.3. The van der Waals surface area contributed by atoms with E-state index >= 15 is 0 Å². The second-order valence-corrected chi connectivity index (χ2v) is 4.99. The number of nitrogens with zero attached hydrogens (tertiary/aromatic N) is 1. The van der Waals surface area contributed by atoms with E-state index in [0.29, 0.717) is 25.8 Å². The van der Waals surface area contributed by atoms with E-state index in [2.05, 4.69) is 0 Å². The first kappa shape index (κ1) is 12.9. The van der Waals surface area contributed by atoms with E-state index in [1.54, 1.807) is 11.2 Å². The quantitative estimate of drug-likeness (QED) is 0.933. The molecular weight excluding hydrogens is 254 g/mol. The van der Waals surface area contributed by atoms with Crippen LogP contribution in [0.25, 0.3) is 0 Å². The Bertz CT molecular complexity index is 592. The Kier molecular flexibility index (Phi) is 3.56. The van der Waals surface area contributed by atoms with E-state index in [0.717, 1.165) is 17.0 Å². The van der Waals surface area contributed by atoms with E-state index in [1.807, 2.05) is 36.4 Å². The molecule has 1 amide bonds. The molecule has 0 saturated heterocycles. The molecular formula is C16H17NO3. The lowest BCUT2D eigenvalue weighted by Crippen LogP contribution is -2.36. The largest absolute Gasteiger partial charge is 0.469 e. The molecule has 0 spiro atoms. The lowest BCUT2D eigenvalue weighted by atomic mass is 9.98. The van der Waals surface area contributed by atoms with Crippen molar-refractivity contribution in [1.29, 1.82) is 0 Å². The van der Waals surface area contributed by atoms with Crippen LogP contribution in [0.3, 0.4) is 0 Å². The van der Waals surface area contributed by atoms with Gasteiger partial charge in [0, 0.05) is 30.6 Å². The number of amides is 1. The lowest BCUT2D eigenvalue weighted by molar-refractivity contribution is -0.118. The van der Waals surface area contributed by atoms with Crippen molar-refractivity contribution < 1.29 is 14.3 Å². The number of hydrogen-bond donors (Lipinski definition) is 1. The lowest BCUT2D eigenvalue weighted by Gasteiger charge is -2.32. The number of anilines is 1. The minimum Gasteiger partial charge on any atom is -0.469 e. The van der Waals surface area contributed by atoms with E-state index in [4.69, 9.17) is 4.42 Å². The number of aryl methyl sites for hydroxylation is 1. The zero-order chi connectivity index (χ0) is 13.9. The number of aliphatic hydroxyl groups is 1. The minimum atomic E-state index is -0.472. The fraction of sp³-hybridized carbons (Fsp3) is 0.312. The van der Waals surface area contributed by atoms with Crippen LogP contribution in [-0.2, 0) is 11.2 Å². The molecule has 2 aromatic rings. The van der Waals surface area contributed by atoms with Gasteiger partial charge in [-0.25, -0.2) is 0 Å². The molecule has 104 valence electrons. The molecule has 2 heterocycles. The summed E-state index contributed by atoms with van der Waals surface area (Å²) in [5.74, 6) is 0.893. The van der Waals surface area contributed by atoms with Gasteiger partial charge in [-0.15, -0.1) is 0 Å². The van der Waals surface area contributed by atoms with Gasteiger partial charge in [0.15, 0.2) is 0 Å². The highest BCUT2D eigenvalue weighted by molar-refractivity contribution is 5.94. The van der Waals surface area contributed by atoms with Crippen molar-refractivity contribution >= 4 is 11.6 Å². The highest BCUT2D eigenvalue weighted by atomic mass is 16.3. The van der Waals surface area contributed by atoms with Gasteiger partial charge in [0.1, 0.15) is 5.76 Å². The maximum absolute atomic E-state index is 12.4. The summed E-state index contributed by atoms with van der Waals surface area (Å²) in [6.07, 6.45) is 2.75. The molecule has 0 fully saturated rings. The highest BCUT2D eigenvalue weighted by Gasteiger charge is 2.26. The second kappa shape index (κ2) is 5.51. The number of hydrogen-bond acceptors (Lipinski definition) is 3. The number of furan rings is 1. The van der Waals surface area contributed by atoms with Crippen LogP contribution < -0.4 is 4.90 Å². The Morgan fingerprint density at radius 2 is 2.15 bits per heavy atom.